The highest BCUT2D eigenvalue weighted by Gasteiger charge is 2.08. The van der Waals surface area contributed by atoms with Crippen molar-refractivity contribution >= 4 is 16.5 Å². The second kappa shape index (κ2) is 6.86. The summed E-state index contributed by atoms with van der Waals surface area (Å²) in [6.45, 7) is 12.1. The third kappa shape index (κ3) is 4.10. The lowest BCUT2D eigenvalue weighted by Gasteiger charge is -2.23. The summed E-state index contributed by atoms with van der Waals surface area (Å²) >= 11 is 1.70. The van der Waals surface area contributed by atoms with E-state index in [4.69, 9.17) is 0 Å². The molecule has 1 rings (SSSR count). The standard InChI is InChI=1S/C12H23N3S/c1-5-11-9-16-12(14-11)13-10(4)8-15(6-2)7-3/h9-10H,5-8H2,1-4H3,(H,13,14). The Kier molecular flexibility index (Phi) is 5.77. The molecule has 1 atom stereocenters. The molecule has 0 radical (unpaired) electrons. The quantitative estimate of drug-likeness (QED) is 0.795. The van der Waals surface area contributed by atoms with Gasteiger partial charge in [0.15, 0.2) is 5.13 Å². The van der Waals surface area contributed by atoms with Crippen LogP contribution in [0, 0.1) is 0 Å². The molecule has 0 saturated heterocycles. The average molecular weight is 241 g/mol. The molecule has 3 nitrogen and oxygen atoms in total. The number of anilines is 1. The fraction of sp³-hybridized carbons (Fsp3) is 0.750. The molecular weight excluding hydrogens is 218 g/mol. The van der Waals surface area contributed by atoms with Gasteiger partial charge < -0.3 is 10.2 Å². The number of likely N-dealkylation sites (N-methyl/N-ethyl adjacent to an activating group) is 1. The Morgan fingerprint density at radius 2 is 2.06 bits per heavy atom. The minimum Gasteiger partial charge on any atom is -0.358 e. The van der Waals surface area contributed by atoms with Crippen LogP contribution >= 0.6 is 11.3 Å². The maximum atomic E-state index is 4.52. The zero-order valence-corrected chi connectivity index (χ0v) is 11.6. The van der Waals surface area contributed by atoms with Crippen molar-refractivity contribution in [1.82, 2.24) is 9.88 Å². The molecule has 1 heterocycles. The zero-order chi connectivity index (χ0) is 12.0. The molecule has 1 aromatic rings. The zero-order valence-electron chi connectivity index (χ0n) is 10.8. The first-order valence-corrected chi connectivity index (χ1v) is 7.00. The van der Waals surface area contributed by atoms with Crippen molar-refractivity contribution in [2.24, 2.45) is 0 Å². The third-order valence-electron chi connectivity index (χ3n) is 2.71. The third-order valence-corrected chi connectivity index (χ3v) is 3.53. The molecule has 0 spiro atoms. The maximum Gasteiger partial charge on any atom is 0.183 e. The molecule has 92 valence electrons. The number of nitrogens with one attached hydrogen (secondary N) is 1. The van der Waals surface area contributed by atoms with E-state index in [0.29, 0.717) is 6.04 Å². The number of thiazole rings is 1. The lowest BCUT2D eigenvalue weighted by Crippen LogP contribution is -2.34. The summed E-state index contributed by atoms with van der Waals surface area (Å²) < 4.78 is 0. The first-order chi connectivity index (χ1) is 7.69. The molecule has 1 unspecified atom stereocenters. The molecule has 0 aliphatic carbocycles. The van der Waals surface area contributed by atoms with Crippen molar-refractivity contribution in [1.29, 1.82) is 0 Å². The van der Waals surface area contributed by atoms with Gasteiger partial charge in [-0.1, -0.05) is 20.8 Å². The largest absolute Gasteiger partial charge is 0.358 e. The van der Waals surface area contributed by atoms with Crippen LogP contribution in [0.1, 0.15) is 33.4 Å². The van der Waals surface area contributed by atoms with Crippen molar-refractivity contribution in [3.05, 3.63) is 11.1 Å². The first kappa shape index (κ1) is 13.5. The van der Waals surface area contributed by atoms with Gasteiger partial charge in [-0.15, -0.1) is 11.3 Å². The molecule has 0 aromatic carbocycles. The van der Waals surface area contributed by atoms with Crippen molar-refractivity contribution < 1.29 is 0 Å². The molecule has 0 bridgehead atoms. The van der Waals surface area contributed by atoms with Gasteiger partial charge in [-0.3, -0.25) is 0 Å². The van der Waals surface area contributed by atoms with E-state index < -0.39 is 0 Å². The predicted molar refractivity (Wildman–Crippen MR) is 72.4 cm³/mol. The fourth-order valence-electron chi connectivity index (χ4n) is 1.66. The van der Waals surface area contributed by atoms with Crippen LogP contribution in [0.25, 0.3) is 0 Å². The van der Waals surface area contributed by atoms with Crippen LogP contribution in [0.5, 0.6) is 0 Å². The van der Waals surface area contributed by atoms with E-state index in [-0.39, 0.29) is 0 Å². The molecule has 16 heavy (non-hydrogen) atoms. The SMILES string of the molecule is CCc1csc(NC(C)CN(CC)CC)n1. The molecule has 4 heteroatoms. The minimum absolute atomic E-state index is 0.454. The van der Waals surface area contributed by atoms with Gasteiger partial charge in [0.05, 0.1) is 5.69 Å². The van der Waals surface area contributed by atoms with Crippen LogP contribution in [0.3, 0.4) is 0 Å². The van der Waals surface area contributed by atoms with Gasteiger partial charge in [0.25, 0.3) is 0 Å². The van der Waals surface area contributed by atoms with Crippen LogP contribution in [0.4, 0.5) is 5.13 Å². The maximum absolute atomic E-state index is 4.52. The van der Waals surface area contributed by atoms with E-state index in [9.17, 15) is 0 Å². The Labute approximate surface area is 103 Å². The molecule has 1 aromatic heterocycles. The number of aryl methyl sites for hydroxylation is 1. The number of aromatic nitrogens is 1. The second-order valence-electron chi connectivity index (χ2n) is 4.03. The Hall–Kier alpha value is -0.610. The summed E-state index contributed by atoms with van der Waals surface area (Å²) in [5.74, 6) is 0. The monoisotopic (exact) mass is 241 g/mol. The van der Waals surface area contributed by atoms with Crippen molar-refractivity contribution in [3.63, 3.8) is 0 Å². The lowest BCUT2D eigenvalue weighted by molar-refractivity contribution is 0.295. The number of nitrogens with zero attached hydrogens (tertiary/aromatic N) is 2. The van der Waals surface area contributed by atoms with Gasteiger partial charge in [0, 0.05) is 18.0 Å². The van der Waals surface area contributed by atoms with Crippen molar-refractivity contribution in [2.75, 3.05) is 25.0 Å². The van der Waals surface area contributed by atoms with Gasteiger partial charge in [-0.2, -0.15) is 0 Å². The second-order valence-corrected chi connectivity index (χ2v) is 4.89. The van der Waals surface area contributed by atoms with Crippen LogP contribution in [0.2, 0.25) is 0 Å². The normalized spacial score (nSPS) is 13.1. The van der Waals surface area contributed by atoms with Gasteiger partial charge in [0.2, 0.25) is 0 Å². The minimum atomic E-state index is 0.454. The fourth-order valence-corrected chi connectivity index (χ4v) is 2.57. The molecule has 0 amide bonds. The Morgan fingerprint density at radius 3 is 2.56 bits per heavy atom. The Morgan fingerprint density at radius 1 is 1.38 bits per heavy atom. The van der Waals surface area contributed by atoms with Crippen LogP contribution in [0.15, 0.2) is 5.38 Å². The summed E-state index contributed by atoms with van der Waals surface area (Å²) in [7, 11) is 0. The summed E-state index contributed by atoms with van der Waals surface area (Å²) in [5, 5.41) is 6.65. The van der Waals surface area contributed by atoms with Crippen LogP contribution in [-0.2, 0) is 6.42 Å². The highest BCUT2D eigenvalue weighted by Crippen LogP contribution is 2.16. The molecule has 1 N–H and O–H groups in total. The number of hydrogen-bond acceptors (Lipinski definition) is 4. The summed E-state index contributed by atoms with van der Waals surface area (Å²) in [6, 6.07) is 0.454. The van der Waals surface area contributed by atoms with E-state index in [1.165, 1.54) is 5.69 Å². The summed E-state index contributed by atoms with van der Waals surface area (Å²) in [5.41, 5.74) is 1.18. The van der Waals surface area contributed by atoms with Gasteiger partial charge in [-0.05, 0) is 26.4 Å². The topological polar surface area (TPSA) is 28.2 Å². The van der Waals surface area contributed by atoms with E-state index >= 15 is 0 Å². The van der Waals surface area contributed by atoms with Gasteiger partial charge in [-0.25, -0.2) is 4.98 Å². The van der Waals surface area contributed by atoms with Gasteiger partial charge in [0.1, 0.15) is 0 Å². The van der Waals surface area contributed by atoms with Gasteiger partial charge >= 0.3 is 0 Å². The predicted octanol–water partition coefficient (Wildman–Crippen LogP) is 2.85. The van der Waals surface area contributed by atoms with Crippen molar-refractivity contribution in [2.45, 2.75) is 40.2 Å². The van der Waals surface area contributed by atoms with Crippen LogP contribution < -0.4 is 5.32 Å². The van der Waals surface area contributed by atoms with E-state index in [0.717, 1.165) is 31.2 Å². The molecule has 0 fully saturated rings. The van der Waals surface area contributed by atoms with Crippen LogP contribution in [-0.4, -0.2) is 35.6 Å². The highest BCUT2D eigenvalue weighted by atomic mass is 32.1. The molecule has 0 aliphatic rings. The first-order valence-electron chi connectivity index (χ1n) is 6.12. The average Bonchev–Trinajstić information content (AvgIpc) is 2.73. The Balaban J connectivity index is 2.41. The number of hydrogen-bond donors (Lipinski definition) is 1. The van der Waals surface area contributed by atoms with E-state index in [1.54, 1.807) is 11.3 Å². The highest BCUT2D eigenvalue weighted by molar-refractivity contribution is 7.13. The Bertz CT molecular complexity index is 294. The number of rotatable bonds is 7. The summed E-state index contributed by atoms with van der Waals surface area (Å²) in [6.07, 6.45) is 1.02. The molecule has 0 saturated carbocycles. The summed E-state index contributed by atoms with van der Waals surface area (Å²) in [4.78, 5) is 6.94. The van der Waals surface area contributed by atoms with E-state index in [2.05, 4.69) is 48.3 Å². The molecule has 0 aliphatic heterocycles. The van der Waals surface area contributed by atoms with Crippen molar-refractivity contribution in [3.8, 4) is 0 Å². The van der Waals surface area contributed by atoms with E-state index in [1.807, 2.05) is 0 Å². The molecular formula is C12H23N3S. The lowest BCUT2D eigenvalue weighted by atomic mass is 10.3. The smallest absolute Gasteiger partial charge is 0.183 e.